The molecule has 0 bridgehead atoms. The zero-order valence-corrected chi connectivity index (χ0v) is 10.3. The van der Waals surface area contributed by atoms with Gasteiger partial charge in [-0.1, -0.05) is 29.7 Å². The molecule has 16 heavy (non-hydrogen) atoms. The van der Waals surface area contributed by atoms with Crippen LogP contribution < -0.4 is 10.8 Å². The zero-order chi connectivity index (χ0) is 12.2. The van der Waals surface area contributed by atoms with Gasteiger partial charge >= 0.3 is 6.09 Å². The van der Waals surface area contributed by atoms with Crippen LogP contribution in [0.4, 0.5) is 4.79 Å². The molecule has 0 aromatic heterocycles. The monoisotopic (exact) mass is 219 g/mol. The maximum atomic E-state index is 11.4. The van der Waals surface area contributed by atoms with E-state index in [-0.39, 0.29) is 6.09 Å². The molecule has 0 radical (unpaired) electrons. The second-order valence-corrected chi connectivity index (χ2v) is 4.84. The Bertz CT molecular complexity index is 372. The predicted octanol–water partition coefficient (Wildman–Crippen LogP) is 0.970. The number of hydrogen-bond acceptors (Lipinski definition) is 2. The number of benzene rings is 1. The van der Waals surface area contributed by atoms with E-state index in [4.69, 9.17) is 4.74 Å². The molecule has 3 nitrogen and oxygen atoms in total. The van der Waals surface area contributed by atoms with Crippen LogP contribution >= 0.6 is 0 Å². The number of amides is 1. The first-order valence-corrected chi connectivity index (χ1v) is 5.39. The van der Waals surface area contributed by atoms with Crippen molar-refractivity contribution in [3.05, 3.63) is 29.8 Å². The van der Waals surface area contributed by atoms with E-state index >= 15 is 0 Å². The number of carbonyl (C=O) groups excluding carboxylic acids is 1. The molecule has 0 aliphatic carbocycles. The summed E-state index contributed by atoms with van der Waals surface area (Å²) < 4.78 is 5.14. The molecule has 86 valence electrons. The maximum absolute atomic E-state index is 11.4. The van der Waals surface area contributed by atoms with E-state index in [0.29, 0.717) is 6.54 Å². The second kappa shape index (κ2) is 5.06. The van der Waals surface area contributed by atoms with Gasteiger partial charge < -0.3 is 10.1 Å². The van der Waals surface area contributed by atoms with E-state index in [1.54, 1.807) is 0 Å². The first-order valence-electron chi connectivity index (χ1n) is 5.39. The summed E-state index contributed by atoms with van der Waals surface area (Å²) in [6.07, 6.45) is -0.381. The molecule has 0 fully saturated rings. The Morgan fingerprint density at radius 1 is 1.44 bits per heavy atom. The molecule has 1 N–H and O–H groups in total. The van der Waals surface area contributed by atoms with E-state index in [1.807, 2.05) is 52.9 Å². The Balaban J connectivity index is 2.43. The average molecular weight is 219 g/mol. The molecule has 0 spiro atoms. The van der Waals surface area contributed by atoms with E-state index in [1.165, 1.54) is 5.46 Å². The van der Waals surface area contributed by atoms with Crippen molar-refractivity contribution in [1.29, 1.82) is 0 Å². The van der Waals surface area contributed by atoms with Crippen LogP contribution in [-0.4, -0.2) is 19.5 Å². The van der Waals surface area contributed by atoms with Crippen LogP contribution in [-0.2, 0) is 11.3 Å². The molecule has 0 atom stereocenters. The van der Waals surface area contributed by atoms with Crippen LogP contribution in [0, 0.1) is 0 Å². The van der Waals surface area contributed by atoms with Crippen LogP contribution in [0.1, 0.15) is 26.3 Å². The topological polar surface area (TPSA) is 38.3 Å². The number of rotatable bonds is 2. The average Bonchev–Trinajstić information content (AvgIpc) is 2.12. The van der Waals surface area contributed by atoms with Crippen LogP contribution in [0.3, 0.4) is 0 Å². The molecule has 0 aliphatic heterocycles. The van der Waals surface area contributed by atoms with Gasteiger partial charge in [0.05, 0.1) is 0 Å². The molecule has 0 aliphatic rings. The summed E-state index contributed by atoms with van der Waals surface area (Å²) in [5.41, 5.74) is 1.81. The lowest BCUT2D eigenvalue weighted by Gasteiger charge is -2.19. The fraction of sp³-hybridized carbons (Fsp3) is 0.417. The molecule has 1 amide bonds. The largest absolute Gasteiger partial charge is 0.444 e. The fourth-order valence-corrected chi connectivity index (χ4v) is 1.31. The van der Waals surface area contributed by atoms with Gasteiger partial charge in [-0.2, -0.15) is 0 Å². The first-order chi connectivity index (χ1) is 7.37. The Morgan fingerprint density at radius 2 is 2.12 bits per heavy atom. The molecule has 0 saturated heterocycles. The third kappa shape index (κ3) is 4.87. The van der Waals surface area contributed by atoms with Gasteiger partial charge in [0.1, 0.15) is 13.4 Å². The SMILES string of the molecule is Bc1cccc(CNC(=O)OC(C)(C)C)c1. The summed E-state index contributed by atoms with van der Waals surface area (Å²) in [5.74, 6) is 0. The molecule has 4 heteroatoms. The van der Waals surface area contributed by atoms with Crippen LogP contribution in [0.25, 0.3) is 0 Å². The van der Waals surface area contributed by atoms with E-state index in [0.717, 1.165) is 5.56 Å². The lowest BCUT2D eigenvalue weighted by atomic mass is 9.94. The van der Waals surface area contributed by atoms with Crippen molar-refractivity contribution < 1.29 is 9.53 Å². The molecule has 1 aromatic carbocycles. The number of ether oxygens (including phenoxy) is 1. The van der Waals surface area contributed by atoms with Gasteiger partial charge in [0, 0.05) is 6.54 Å². The summed E-state index contributed by atoms with van der Waals surface area (Å²) >= 11 is 0. The van der Waals surface area contributed by atoms with Crippen molar-refractivity contribution in [3.8, 4) is 0 Å². The van der Waals surface area contributed by atoms with Crippen molar-refractivity contribution in [2.24, 2.45) is 0 Å². The lowest BCUT2D eigenvalue weighted by molar-refractivity contribution is 0.0523. The van der Waals surface area contributed by atoms with Gasteiger partial charge in [-0.25, -0.2) is 4.79 Å². The van der Waals surface area contributed by atoms with Crippen molar-refractivity contribution in [2.45, 2.75) is 32.9 Å². The molecule has 1 aromatic rings. The predicted molar refractivity (Wildman–Crippen MR) is 67.7 cm³/mol. The standard InChI is InChI=1S/C12H18BNO2/c1-12(2,3)16-11(15)14-8-9-5-4-6-10(13)7-9/h4-7H,8,13H2,1-3H3,(H,14,15). The van der Waals surface area contributed by atoms with Crippen molar-refractivity contribution in [3.63, 3.8) is 0 Å². The summed E-state index contributed by atoms with van der Waals surface area (Å²) in [6.45, 7) is 6.04. The van der Waals surface area contributed by atoms with Gasteiger partial charge in [-0.05, 0) is 26.3 Å². The summed E-state index contributed by atoms with van der Waals surface area (Å²) in [4.78, 5) is 11.4. The number of carbonyl (C=O) groups is 1. The Labute approximate surface area is 97.6 Å². The van der Waals surface area contributed by atoms with E-state index in [2.05, 4.69) is 5.32 Å². The van der Waals surface area contributed by atoms with Gasteiger partial charge in [0.25, 0.3) is 0 Å². The van der Waals surface area contributed by atoms with Crippen molar-refractivity contribution in [1.82, 2.24) is 5.32 Å². The highest BCUT2D eigenvalue weighted by Gasteiger charge is 2.15. The fourth-order valence-electron chi connectivity index (χ4n) is 1.31. The normalized spacial score (nSPS) is 10.9. The highest BCUT2D eigenvalue weighted by Crippen LogP contribution is 2.06. The first kappa shape index (κ1) is 12.6. The van der Waals surface area contributed by atoms with Crippen molar-refractivity contribution in [2.75, 3.05) is 0 Å². The molecule has 0 heterocycles. The third-order valence-electron chi connectivity index (χ3n) is 1.92. The number of hydrogen-bond donors (Lipinski definition) is 1. The summed E-state index contributed by atoms with van der Waals surface area (Å²) in [5, 5.41) is 2.72. The minimum atomic E-state index is -0.448. The van der Waals surface area contributed by atoms with E-state index in [9.17, 15) is 4.79 Å². The summed E-state index contributed by atoms with van der Waals surface area (Å²) in [6, 6.07) is 8.01. The van der Waals surface area contributed by atoms with Crippen LogP contribution in [0.5, 0.6) is 0 Å². The molecule has 0 saturated carbocycles. The van der Waals surface area contributed by atoms with E-state index < -0.39 is 5.60 Å². The number of nitrogens with one attached hydrogen (secondary N) is 1. The zero-order valence-electron chi connectivity index (χ0n) is 10.3. The highest BCUT2D eigenvalue weighted by molar-refractivity contribution is 6.32. The van der Waals surface area contributed by atoms with Crippen LogP contribution in [0.15, 0.2) is 24.3 Å². The van der Waals surface area contributed by atoms with Gasteiger partial charge in [-0.15, -0.1) is 0 Å². The Hall–Kier alpha value is -1.45. The minimum Gasteiger partial charge on any atom is -0.444 e. The van der Waals surface area contributed by atoms with Gasteiger partial charge in [0.2, 0.25) is 0 Å². The number of alkyl carbamates (subject to hydrolysis) is 1. The Kier molecular flexibility index (Phi) is 3.99. The molecule has 0 unspecified atom stereocenters. The molecular weight excluding hydrogens is 201 g/mol. The summed E-state index contributed by atoms with van der Waals surface area (Å²) in [7, 11) is 2.02. The smallest absolute Gasteiger partial charge is 0.407 e. The third-order valence-corrected chi connectivity index (χ3v) is 1.92. The second-order valence-electron chi connectivity index (χ2n) is 4.84. The Morgan fingerprint density at radius 3 is 2.69 bits per heavy atom. The molecule has 1 rings (SSSR count). The van der Waals surface area contributed by atoms with Crippen LogP contribution in [0.2, 0.25) is 0 Å². The minimum absolute atomic E-state index is 0.381. The molecular formula is C12H18BNO2. The maximum Gasteiger partial charge on any atom is 0.407 e. The lowest BCUT2D eigenvalue weighted by Crippen LogP contribution is -2.32. The highest BCUT2D eigenvalue weighted by atomic mass is 16.6. The quantitative estimate of drug-likeness (QED) is 0.752. The van der Waals surface area contributed by atoms with Gasteiger partial charge in [0.15, 0.2) is 0 Å². The van der Waals surface area contributed by atoms with Crippen molar-refractivity contribution >= 4 is 19.4 Å². The van der Waals surface area contributed by atoms with Gasteiger partial charge in [-0.3, -0.25) is 0 Å².